The summed E-state index contributed by atoms with van der Waals surface area (Å²) in [6, 6.07) is 8.14. The van der Waals surface area contributed by atoms with Crippen LogP contribution in [0.4, 0.5) is 0 Å². The molecule has 1 fully saturated rings. The van der Waals surface area contributed by atoms with Crippen LogP contribution in [0, 0.1) is 12.8 Å². The Morgan fingerprint density at radius 3 is 2.33 bits per heavy atom. The molecule has 0 aromatic heterocycles. The molecule has 0 unspecified atom stereocenters. The molecule has 1 aromatic rings. The summed E-state index contributed by atoms with van der Waals surface area (Å²) in [7, 11) is 0. The molecule has 1 heterocycles. The van der Waals surface area contributed by atoms with Crippen LogP contribution in [0.3, 0.4) is 0 Å². The molecule has 0 saturated carbocycles. The van der Waals surface area contributed by atoms with Gasteiger partial charge in [0.2, 0.25) is 5.91 Å². The molecule has 1 amide bonds. The highest BCUT2D eigenvalue weighted by Crippen LogP contribution is 2.12. The molecular formula is C17H26N2O2. The van der Waals surface area contributed by atoms with E-state index in [1.165, 1.54) is 5.56 Å². The Balaban J connectivity index is 1.67. The van der Waals surface area contributed by atoms with E-state index in [0.29, 0.717) is 6.61 Å². The van der Waals surface area contributed by atoms with Crippen molar-refractivity contribution in [3.05, 3.63) is 29.8 Å². The van der Waals surface area contributed by atoms with Crippen LogP contribution >= 0.6 is 0 Å². The number of hydrogen-bond acceptors (Lipinski definition) is 3. The zero-order valence-electron chi connectivity index (χ0n) is 13.3. The Morgan fingerprint density at radius 2 is 1.76 bits per heavy atom. The van der Waals surface area contributed by atoms with Crippen molar-refractivity contribution in [1.29, 1.82) is 0 Å². The van der Waals surface area contributed by atoms with Gasteiger partial charge < -0.3 is 9.64 Å². The molecule has 4 nitrogen and oxygen atoms in total. The number of benzene rings is 1. The summed E-state index contributed by atoms with van der Waals surface area (Å²) in [5.41, 5.74) is 1.24. The number of carbonyl (C=O) groups excluding carboxylic acids is 1. The van der Waals surface area contributed by atoms with Crippen molar-refractivity contribution in [2.75, 3.05) is 39.3 Å². The monoisotopic (exact) mass is 290 g/mol. The fourth-order valence-electron chi connectivity index (χ4n) is 2.48. The van der Waals surface area contributed by atoms with Crippen molar-refractivity contribution in [2.45, 2.75) is 20.8 Å². The van der Waals surface area contributed by atoms with Gasteiger partial charge in [-0.1, -0.05) is 31.5 Å². The highest BCUT2D eigenvalue weighted by atomic mass is 16.5. The van der Waals surface area contributed by atoms with Gasteiger partial charge in [0, 0.05) is 38.6 Å². The van der Waals surface area contributed by atoms with Crippen LogP contribution in [0.15, 0.2) is 24.3 Å². The second-order valence-corrected chi connectivity index (χ2v) is 5.98. The summed E-state index contributed by atoms with van der Waals surface area (Å²) in [6.45, 7) is 11.2. The second-order valence-electron chi connectivity index (χ2n) is 5.98. The van der Waals surface area contributed by atoms with Crippen molar-refractivity contribution in [1.82, 2.24) is 9.80 Å². The van der Waals surface area contributed by atoms with E-state index in [-0.39, 0.29) is 11.8 Å². The summed E-state index contributed by atoms with van der Waals surface area (Å²) >= 11 is 0. The number of piperazine rings is 1. The van der Waals surface area contributed by atoms with Gasteiger partial charge in [0.05, 0.1) is 0 Å². The Kier molecular flexibility index (Phi) is 5.62. The fraction of sp³-hybridized carbons (Fsp3) is 0.588. The molecule has 2 rings (SSSR count). The number of nitrogens with zero attached hydrogens (tertiary/aromatic N) is 2. The van der Waals surface area contributed by atoms with E-state index < -0.39 is 0 Å². The summed E-state index contributed by atoms with van der Waals surface area (Å²) in [6.07, 6.45) is 0. The van der Waals surface area contributed by atoms with Crippen LogP contribution in [0.2, 0.25) is 0 Å². The van der Waals surface area contributed by atoms with E-state index >= 15 is 0 Å². The molecule has 0 N–H and O–H groups in total. The van der Waals surface area contributed by atoms with Gasteiger partial charge in [-0.2, -0.15) is 0 Å². The minimum absolute atomic E-state index is 0.0985. The van der Waals surface area contributed by atoms with Crippen LogP contribution in [0.25, 0.3) is 0 Å². The first-order valence-corrected chi connectivity index (χ1v) is 7.77. The van der Waals surface area contributed by atoms with Crippen molar-refractivity contribution in [3.8, 4) is 5.75 Å². The third kappa shape index (κ3) is 4.74. The number of ether oxygens (including phenoxy) is 1. The second kappa shape index (κ2) is 7.46. The Labute approximate surface area is 127 Å². The van der Waals surface area contributed by atoms with E-state index in [1.807, 2.05) is 30.9 Å². The van der Waals surface area contributed by atoms with E-state index in [9.17, 15) is 4.79 Å². The molecule has 1 aliphatic heterocycles. The molecule has 1 aliphatic rings. The lowest BCUT2D eigenvalue weighted by Gasteiger charge is -2.35. The molecule has 21 heavy (non-hydrogen) atoms. The van der Waals surface area contributed by atoms with Crippen LogP contribution in [0.1, 0.15) is 19.4 Å². The maximum atomic E-state index is 11.9. The van der Waals surface area contributed by atoms with Crippen molar-refractivity contribution in [3.63, 3.8) is 0 Å². The Morgan fingerprint density at radius 1 is 1.14 bits per heavy atom. The zero-order chi connectivity index (χ0) is 15.2. The van der Waals surface area contributed by atoms with Crippen molar-refractivity contribution in [2.24, 2.45) is 5.92 Å². The van der Waals surface area contributed by atoms with Gasteiger partial charge in [-0.25, -0.2) is 0 Å². The minimum Gasteiger partial charge on any atom is -0.492 e. The van der Waals surface area contributed by atoms with E-state index in [1.54, 1.807) is 0 Å². The van der Waals surface area contributed by atoms with Crippen LogP contribution < -0.4 is 4.74 Å². The molecule has 0 spiro atoms. The van der Waals surface area contributed by atoms with Gasteiger partial charge in [0.25, 0.3) is 0 Å². The average Bonchev–Trinajstić information content (AvgIpc) is 2.49. The molecule has 1 saturated heterocycles. The predicted octanol–water partition coefficient (Wildman–Crippen LogP) is 2.17. The van der Waals surface area contributed by atoms with Crippen LogP contribution in [0.5, 0.6) is 5.75 Å². The summed E-state index contributed by atoms with van der Waals surface area (Å²) in [5, 5.41) is 0. The molecule has 0 atom stereocenters. The zero-order valence-corrected chi connectivity index (χ0v) is 13.3. The lowest BCUT2D eigenvalue weighted by atomic mass is 10.1. The average molecular weight is 290 g/mol. The fourth-order valence-corrected chi connectivity index (χ4v) is 2.48. The van der Waals surface area contributed by atoms with Gasteiger partial charge in [-0.3, -0.25) is 9.69 Å². The van der Waals surface area contributed by atoms with E-state index in [2.05, 4.69) is 24.0 Å². The Hall–Kier alpha value is -1.55. The van der Waals surface area contributed by atoms with E-state index in [4.69, 9.17) is 4.74 Å². The number of hydrogen-bond donors (Lipinski definition) is 0. The molecule has 0 bridgehead atoms. The summed E-state index contributed by atoms with van der Waals surface area (Å²) in [4.78, 5) is 16.2. The molecule has 1 aromatic carbocycles. The third-order valence-corrected chi connectivity index (χ3v) is 3.88. The first kappa shape index (κ1) is 15.8. The van der Waals surface area contributed by atoms with Crippen molar-refractivity contribution < 1.29 is 9.53 Å². The highest BCUT2D eigenvalue weighted by Gasteiger charge is 2.22. The quantitative estimate of drug-likeness (QED) is 0.833. The van der Waals surface area contributed by atoms with Crippen molar-refractivity contribution >= 4 is 5.91 Å². The number of carbonyl (C=O) groups is 1. The molecule has 4 heteroatoms. The first-order chi connectivity index (χ1) is 10.1. The maximum Gasteiger partial charge on any atom is 0.225 e. The third-order valence-electron chi connectivity index (χ3n) is 3.88. The van der Waals surface area contributed by atoms with Crippen LogP contribution in [-0.2, 0) is 4.79 Å². The van der Waals surface area contributed by atoms with Gasteiger partial charge >= 0.3 is 0 Å². The SMILES string of the molecule is Cc1ccc(OCCN2CCN(C(=O)C(C)C)CC2)cc1. The standard InChI is InChI=1S/C17H26N2O2/c1-14(2)17(20)19-10-8-18(9-11-19)12-13-21-16-6-4-15(3)5-7-16/h4-7,14H,8-13H2,1-3H3. The minimum atomic E-state index is 0.0985. The number of amides is 1. The van der Waals surface area contributed by atoms with E-state index in [0.717, 1.165) is 38.5 Å². The Bertz CT molecular complexity index is 448. The largest absolute Gasteiger partial charge is 0.492 e. The lowest BCUT2D eigenvalue weighted by molar-refractivity contribution is -0.136. The van der Waals surface area contributed by atoms with Gasteiger partial charge in [0.1, 0.15) is 12.4 Å². The highest BCUT2D eigenvalue weighted by molar-refractivity contribution is 5.78. The number of aryl methyl sites for hydroxylation is 1. The maximum absolute atomic E-state index is 11.9. The molecule has 116 valence electrons. The predicted molar refractivity (Wildman–Crippen MR) is 84.5 cm³/mol. The van der Waals surface area contributed by atoms with Gasteiger partial charge in [-0.05, 0) is 19.1 Å². The summed E-state index contributed by atoms with van der Waals surface area (Å²) < 4.78 is 5.75. The number of rotatable bonds is 5. The topological polar surface area (TPSA) is 32.8 Å². The first-order valence-electron chi connectivity index (χ1n) is 7.77. The van der Waals surface area contributed by atoms with Gasteiger partial charge in [-0.15, -0.1) is 0 Å². The molecule has 0 aliphatic carbocycles. The van der Waals surface area contributed by atoms with Gasteiger partial charge in [0.15, 0.2) is 0 Å². The normalized spacial score (nSPS) is 16.3. The molecule has 0 radical (unpaired) electrons. The molecular weight excluding hydrogens is 264 g/mol. The summed E-state index contributed by atoms with van der Waals surface area (Å²) in [5.74, 6) is 1.29. The van der Waals surface area contributed by atoms with Crippen LogP contribution in [-0.4, -0.2) is 55.0 Å². The smallest absolute Gasteiger partial charge is 0.225 e. The lowest BCUT2D eigenvalue weighted by Crippen LogP contribution is -2.50.